The Kier molecular flexibility index (Phi) is 9.74. The summed E-state index contributed by atoms with van der Waals surface area (Å²) in [6.45, 7) is 5.80. The minimum absolute atomic E-state index is 0.00381. The molecule has 3 aromatic rings. The lowest BCUT2D eigenvalue weighted by atomic mass is 10.1. The van der Waals surface area contributed by atoms with E-state index in [1.165, 1.54) is 42.3 Å². The van der Waals surface area contributed by atoms with Crippen molar-refractivity contribution < 1.29 is 36.7 Å². The Hall–Kier alpha value is -5.78. The van der Waals surface area contributed by atoms with Crippen molar-refractivity contribution in [2.45, 2.75) is 19.1 Å². The summed E-state index contributed by atoms with van der Waals surface area (Å²) in [5.74, 6) is 3.60. The number of pyridine rings is 2. The zero-order chi connectivity index (χ0) is 34.6. The number of carbonyl (C=O) groups is 4. The fourth-order valence-corrected chi connectivity index (χ4v) is 5.23. The zero-order valence-electron chi connectivity index (χ0n) is 25.6. The maximum absolute atomic E-state index is 13.9. The smallest absolute Gasteiger partial charge is 0.336 e. The third-order valence-electron chi connectivity index (χ3n) is 7.69. The van der Waals surface area contributed by atoms with Gasteiger partial charge in [-0.1, -0.05) is 18.4 Å². The third kappa shape index (κ3) is 7.43. The topological polar surface area (TPSA) is 119 Å². The summed E-state index contributed by atoms with van der Waals surface area (Å²) in [5.41, 5.74) is -0.194. The normalized spacial score (nSPS) is 16.1. The maximum atomic E-state index is 13.9. The van der Waals surface area contributed by atoms with Crippen LogP contribution in [0.5, 0.6) is 0 Å². The van der Waals surface area contributed by atoms with Crippen LogP contribution in [0, 0.1) is 24.6 Å². The second kappa shape index (κ2) is 13.9. The summed E-state index contributed by atoms with van der Waals surface area (Å²) in [7, 11) is 0. The van der Waals surface area contributed by atoms with Crippen LogP contribution >= 0.6 is 0 Å². The van der Waals surface area contributed by atoms with Gasteiger partial charge in [0.1, 0.15) is 23.4 Å². The molecule has 0 aliphatic carbocycles. The number of nitrogens with one attached hydrogen (secondary N) is 1. The molecule has 2 aliphatic heterocycles. The largest absolute Gasteiger partial charge is 0.416 e. The highest BCUT2D eigenvalue weighted by molar-refractivity contribution is 6.08. The minimum Gasteiger partial charge on any atom is -0.336 e. The van der Waals surface area contributed by atoms with Gasteiger partial charge in [-0.2, -0.15) is 13.2 Å². The molecule has 1 N–H and O–H groups in total. The standard InChI is InChI=1S/C33H29F4N7O4/c1-3-29(45)41-13-15-42(16-14-41)30(46)26-11-6-22(19-38-26)5-4-12-43(25-9-7-24(34)8-10-25)31(47)27-20-39-32(48)44(27)28-18-23(33(35,36)37)17-21(2)40-28/h3,6-11,17-19,27H,1,12-16,20H2,2H3,(H,39,48)/t27-/m0/s1. The number of rotatable bonds is 6. The fraction of sp³-hybridized carbons (Fsp3) is 0.273. The van der Waals surface area contributed by atoms with E-state index < -0.39 is 35.5 Å². The van der Waals surface area contributed by atoms with Crippen LogP contribution in [0.1, 0.15) is 27.3 Å². The van der Waals surface area contributed by atoms with Crippen LogP contribution in [0.25, 0.3) is 0 Å². The summed E-state index contributed by atoms with van der Waals surface area (Å²) in [6.07, 6.45) is -2.09. The number of alkyl halides is 3. The van der Waals surface area contributed by atoms with Gasteiger partial charge in [-0.25, -0.2) is 19.2 Å². The van der Waals surface area contributed by atoms with Crippen molar-refractivity contribution in [2.24, 2.45) is 0 Å². The van der Waals surface area contributed by atoms with Crippen LogP contribution in [0.15, 0.2) is 67.4 Å². The van der Waals surface area contributed by atoms with Crippen LogP contribution in [0.3, 0.4) is 0 Å². The number of benzene rings is 1. The number of urea groups is 1. The number of aromatic nitrogens is 2. The van der Waals surface area contributed by atoms with Gasteiger partial charge in [0, 0.05) is 55.9 Å². The lowest BCUT2D eigenvalue weighted by Crippen LogP contribution is -2.50. The number of nitrogens with zero attached hydrogens (tertiary/aromatic N) is 6. The molecule has 1 atom stereocenters. The number of amides is 5. The van der Waals surface area contributed by atoms with Gasteiger partial charge in [-0.3, -0.25) is 24.2 Å². The lowest BCUT2D eigenvalue weighted by molar-refractivity contribution is -0.137. The van der Waals surface area contributed by atoms with Gasteiger partial charge in [-0.05, 0) is 61.5 Å². The molecule has 0 radical (unpaired) electrons. The molecule has 11 nitrogen and oxygen atoms in total. The Morgan fingerprint density at radius 2 is 1.75 bits per heavy atom. The van der Waals surface area contributed by atoms with Crippen LogP contribution < -0.4 is 15.1 Å². The first kappa shape index (κ1) is 33.6. The Bertz CT molecular complexity index is 1800. The van der Waals surface area contributed by atoms with Crippen molar-refractivity contribution in [1.82, 2.24) is 25.1 Å². The molecule has 0 unspecified atom stereocenters. The molecular weight excluding hydrogens is 634 g/mol. The Labute approximate surface area is 272 Å². The fourth-order valence-electron chi connectivity index (χ4n) is 5.23. The van der Waals surface area contributed by atoms with Crippen LogP contribution in [-0.2, 0) is 15.8 Å². The first-order valence-corrected chi connectivity index (χ1v) is 14.7. The van der Waals surface area contributed by atoms with Gasteiger partial charge in [0.25, 0.3) is 11.8 Å². The Balaban J connectivity index is 1.34. The number of halogens is 4. The molecule has 248 valence electrons. The summed E-state index contributed by atoms with van der Waals surface area (Å²) < 4.78 is 54.4. The van der Waals surface area contributed by atoms with Crippen molar-refractivity contribution in [3.63, 3.8) is 0 Å². The van der Waals surface area contributed by atoms with Gasteiger partial charge in [0.05, 0.1) is 12.1 Å². The number of aryl methyl sites for hydroxylation is 1. The van der Waals surface area contributed by atoms with E-state index in [2.05, 4.69) is 33.7 Å². The molecular formula is C33H29F4N7O4. The molecule has 2 aliphatic rings. The van der Waals surface area contributed by atoms with Crippen molar-refractivity contribution in [1.29, 1.82) is 0 Å². The quantitative estimate of drug-likeness (QED) is 0.246. The predicted molar refractivity (Wildman–Crippen MR) is 166 cm³/mol. The molecule has 2 fully saturated rings. The summed E-state index contributed by atoms with van der Waals surface area (Å²) in [4.78, 5) is 65.0. The van der Waals surface area contributed by atoms with Gasteiger partial charge < -0.3 is 15.1 Å². The van der Waals surface area contributed by atoms with Gasteiger partial charge in [0.15, 0.2) is 0 Å². The lowest BCUT2D eigenvalue weighted by Gasteiger charge is -2.34. The van der Waals surface area contributed by atoms with Crippen molar-refractivity contribution in [3.8, 4) is 11.8 Å². The number of carbonyl (C=O) groups excluding carboxylic acids is 4. The number of hydrogen-bond donors (Lipinski definition) is 1. The summed E-state index contributed by atoms with van der Waals surface area (Å²) in [5, 5.41) is 2.48. The molecule has 4 heterocycles. The SMILES string of the molecule is C=CC(=O)N1CCN(C(=O)c2ccc(C#CCN(C(=O)[C@@H]3CNC(=O)N3c3cc(C(F)(F)F)cc(C)n3)c3ccc(F)cc3)cn2)CC1. The van der Waals surface area contributed by atoms with Crippen molar-refractivity contribution >= 4 is 35.3 Å². The average molecular weight is 664 g/mol. The van der Waals surface area contributed by atoms with Gasteiger partial charge in [0.2, 0.25) is 5.91 Å². The molecule has 48 heavy (non-hydrogen) atoms. The van der Waals surface area contributed by atoms with E-state index in [9.17, 15) is 36.7 Å². The van der Waals surface area contributed by atoms with Crippen molar-refractivity contribution in [2.75, 3.05) is 49.1 Å². The molecule has 2 saturated heterocycles. The minimum atomic E-state index is -4.71. The second-order valence-electron chi connectivity index (χ2n) is 10.9. The molecule has 0 spiro atoms. The molecule has 5 rings (SSSR count). The molecule has 15 heteroatoms. The number of anilines is 2. The maximum Gasteiger partial charge on any atom is 0.416 e. The molecule has 0 bridgehead atoms. The summed E-state index contributed by atoms with van der Waals surface area (Å²) >= 11 is 0. The van der Waals surface area contributed by atoms with Gasteiger partial charge in [-0.15, -0.1) is 0 Å². The van der Waals surface area contributed by atoms with Crippen molar-refractivity contribution in [3.05, 3.63) is 95.7 Å². The molecule has 1 aromatic carbocycles. The Morgan fingerprint density at radius 1 is 1.06 bits per heavy atom. The van der Waals surface area contributed by atoms with Gasteiger partial charge >= 0.3 is 12.2 Å². The van der Waals surface area contributed by atoms with E-state index in [0.717, 1.165) is 23.1 Å². The number of hydrogen-bond acceptors (Lipinski definition) is 6. The highest BCUT2D eigenvalue weighted by Crippen LogP contribution is 2.33. The Morgan fingerprint density at radius 3 is 2.38 bits per heavy atom. The van der Waals surface area contributed by atoms with Crippen LogP contribution in [0.4, 0.5) is 33.9 Å². The average Bonchev–Trinajstić information content (AvgIpc) is 3.47. The van der Waals surface area contributed by atoms with E-state index in [-0.39, 0.29) is 47.8 Å². The second-order valence-corrected chi connectivity index (χ2v) is 10.9. The molecule has 0 saturated carbocycles. The van der Waals surface area contributed by atoms with E-state index in [1.807, 2.05) is 0 Å². The first-order chi connectivity index (χ1) is 22.8. The third-order valence-corrected chi connectivity index (χ3v) is 7.69. The summed E-state index contributed by atoms with van der Waals surface area (Å²) in [6, 6.07) is 7.47. The molecule has 2 aromatic heterocycles. The highest BCUT2D eigenvalue weighted by atomic mass is 19.4. The van der Waals surface area contributed by atoms with E-state index in [1.54, 1.807) is 15.9 Å². The van der Waals surface area contributed by atoms with E-state index in [4.69, 9.17) is 0 Å². The first-order valence-electron chi connectivity index (χ1n) is 14.7. The van der Waals surface area contributed by atoms with Crippen LogP contribution in [-0.4, -0.2) is 88.8 Å². The number of piperazine rings is 1. The monoisotopic (exact) mass is 663 g/mol. The zero-order valence-corrected chi connectivity index (χ0v) is 25.6. The highest BCUT2D eigenvalue weighted by Gasteiger charge is 2.42. The van der Waals surface area contributed by atoms with E-state index >= 15 is 0 Å². The molecule has 5 amide bonds. The van der Waals surface area contributed by atoms with E-state index in [0.29, 0.717) is 37.8 Å². The predicted octanol–water partition coefficient (Wildman–Crippen LogP) is 3.40. The van der Waals surface area contributed by atoms with Crippen LogP contribution in [0.2, 0.25) is 0 Å².